The molecule has 2 aromatic rings. The molecule has 0 saturated carbocycles. The summed E-state index contributed by atoms with van der Waals surface area (Å²) in [6, 6.07) is 7.94. The Balaban J connectivity index is 1.47. The number of carbonyl (C=O) groups is 1. The van der Waals surface area contributed by atoms with Crippen molar-refractivity contribution in [3.8, 4) is 5.88 Å². The molecule has 0 aromatic carbocycles. The summed E-state index contributed by atoms with van der Waals surface area (Å²) < 4.78 is 5.07. The van der Waals surface area contributed by atoms with Crippen LogP contribution >= 0.6 is 11.3 Å². The van der Waals surface area contributed by atoms with E-state index in [1.54, 1.807) is 18.4 Å². The number of thiophene rings is 1. The third-order valence-electron chi connectivity index (χ3n) is 4.04. The van der Waals surface area contributed by atoms with Gasteiger partial charge in [0.1, 0.15) is 0 Å². The van der Waals surface area contributed by atoms with Crippen molar-refractivity contribution >= 4 is 17.2 Å². The van der Waals surface area contributed by atoms with E-state index in [0.29, 0.717) is 12.3 Å². The van der Waals surface area contributed by atoms with E-state index < -0.39 is 0 Å². The molecular weight excluding hydrogens is 310 g/mol. The largest absolute Gasteiger partial charge is 0.481 e. The number of nitrogens with zero attached hydrogens (tertiary/aromatic N) is 3. The predicted molar refractivity (Wildman–Crippen MR) is 90.7 cm³/mol. The lowest BCUT2D eigenvalue weighted by molar-refractivity contribution is -0.132. The van der Waals surface area contributed by atoms with Crippen LogP contribution < -0.4 is 4.74 Å². The maximum absolute atomic E-state index is 12.3. The van der Waals surface area contributed by atoms with Crippen molar-refractivity contribution in [3.63, 3.8) is 0 Å². The topological polar surface area (TPSA) is 45.7 Å². The smallest absolute Gasteiger partial charge is 0.227 e. The van der Waals surface area contributed by atoms with Gasteiger partial charge in [-0.3, -0.25) is 9.69 Å². The van der Waals surface area contributed by atoms with E-state index in [1.807, 2.05) is 40.7 Å². The van der Waals surface area contributed by atoms with Gasteiger partial charge in [-0.2, -0.15) is 0 Å². The fourth-order valence-corrected chi connectivity index (χ4v) is 3.41. The van der Waals surface area contributed by atoms with E-state index in [0.717, 1.165) is 37.6 Å². The van der Waals surface area contributed by atoms with Gasteiger partial charge in [-0.05, 0) is 17.0 Å². The number of methoxy groups -OCH3 is 1. The van der Waals surface area contributed by atoms with Crippen molar-refractivity contribution in [2.24, 2.45) is 0 Å². The van der Waals surface area contributed by atoms with Crippen LogP contribution in [0.4, 0.5) is 0 Å². The van der Waals surface area contributed by atoms with Gasteiger partial charge in [-0.1, -0.05) is 12.1 Å². The quantitative estimate of drug-likeness (QED) is 0.841. The van der Waals surface area contributed by atoms with Crippen molar-refractivity contribution in [2.45, 2.75) is 13.0 Å². The number of pyridine rings is 1. The minimum Gasteiger partial charge on any atom is -0.481 e. The monoisotopic (exact) mass is 331 g/mol. The van der Waals surface area contributed by atoms with Gasteiger partial charge in [0.15, 0.2) is 0 Å². The molecule has 0 N–H and O–H groups in total. The fraction of sp³-hybridized carbons (Fsp3) is 0.412. The van der Waals surface area contributed by atoms with Gasteiger partial charge in [0.05, 0.1) is 13.5 Å². The van der Waals surface area contributed by atoms with Crippen LogP contribution in [-0.2, 0) is 17.8 Å². The minimum absolute atomic E-state index is 0.234. The molecule has 3 heterocycles. The summed E-state index contributed by atoms with van der Waals surface area (Å²) in [4.78, 5) is 22.0. The van der Waals surface area contributed by atoms with Crippen LogP contribution in [0.1, 0.15) is 10.4 Å². The van der Waals surface area contributed by atoms with Crippen LogP contribution in [0.25, 0.3) is 0 Å². The first-order valence-electron chi connectivity index (χ1n) is 7.76. The predicted octanol–water partition coefficient (Wildman–Crippen LogP) is 2.04. The summed E-state index contributed by atoms with van der Waals surface area (Å²) in [6.45, 7) is 4.27. The standard InChI is InChI=1S/C17H21N3O2S/c1-22-16-5-4-14(12-18-16)13-19-6-8-20(9-7-19)17(21)11-15-3-2-10-23-15/h2-5,10,12H,6-9,11,13H2,1H3. The maximum atomic E-state index is 12.3. The highest BCUT2D eigenvalue weighted by molar-refractivity contribution is 7.10. The van der Waals surface area contributed by atoms with Crippen molar-refractivity contribution < 1.29 is 9.53 Å². The normalized spacial score (nSPS) is 15.6. The van der Waals surface area contributed by atoms with E-state index in [-0.39, 0.29) is 5.91 Å². The molecule has 0 unspecified atom stereocenters. The summed E-state index contributed by atoms with van der Waals surface area (Å²) in [7, 11) is 1.62. The molecule has 5 nitrogen and oxygen atoms in total. The summed E-state index contributed by atoms with van der Waals surface area (Å²) >= 11 is 1.65. The number of hydrogen-bond acceptors (Lipinski definition) is 5. The van der Waals surface area contributed by atoms with Crippen molar-refractivity contribution in [2.75, 3.05) is 33.3 Å². The van der Waals surface area contributed by atoms with Crippen LogP contribution in [0.15, 0.2) is 35.8 Å². The molecule has 1 fully saturated rings. The third-order valence-corrected chi connectivity index (χ3v) is 4.92. The molecule has 1 aliphatic heterocycles. The van der Waals surface area contributed by atoms with Gasteiger partial charge in [0.2, 0.25) is 11.8 Å². The molecular formula is C17H21N3O2S. The van der Waals surface area contributed by atoms with E-state index in [4.69, 9.17) is 4.74 Å². The van der Waals surface area contributed by atoms with Crippen LogP contribution in [0, 0.1) is 0 Å². The molecule has 0 spiro atoms. The Bertz CT molecular complexity index is 620. The lowest BCUT2D eigenvalue weighted by Crippen LogP contribution is -2.48. The lowest BCUT2D eigenvalue weighted by Gasteiger charge is -2.34. The summed E-state index contributed by atoms with van der Waals surface area (Å²) in [5, 5.41) is 2.02. The molecule has 122 valence electrons. The number of hydrogen-bond donors (Lipinski definition) is 0. The minimum atomic E-state index is 0.234. The first kappa shape index (κ1) is 16.0. The Morgan fingerprint density at radius 1 is 1.26 bits per heavy atom. The molecule has 2 aromatic heterocycles. The van der Waals surface area contributed by atoms with Gasteiger partial charge >= 0.3 is 0 Å². The Morgan fingerprint density at radius 3 is 2.70 bits per heavy atom. The van der Waals surface area contributed by atoms with Crippen LogP contribution in [0.5, 0.6) is 5.88 Å². The van der Waals surface area contributed by atoms with Gasteiger partial charge in [-0.25, -0.2) is 4.98 Å². The van der Waals surface area contributed by atoms with E-state index in [9.17, 15) is 4.79 Å². The highest BCUT2D eigenvalue weighted by Crippen LogP contribution is 2.14. The second kappa shape index (κ2) is 7.57. The second-order valence-electron chi connectivity index (χ2n) is 5.62. The molecule has 0 aliphatic carbocycles. The van der Waals surface area contributed by atoms with E-state index in [2.05, 4.69) is 9.88 Å². The average molecular weight is 331 g/mol. The summed E-state index contributed by atoms with van der Waals surface area (Å²) in [6.07, 6.45) is 2.38. The van der Waals surface area contributed by atoms with Crippen LogP contribution in [0.3, 0.4) is 0 Å². The molecule has 0 bridgehead atoms. The zero-order chi connectivity index (χ0) is 16.1. The molecule has 6 heteroatoms. The number of amides is 1. The maximum Gasteiger partial charge on any atom is 0.227 e. The average Bonchev–Trinajstić information content (AvgIpc) is 3.09. The van der Waals surface area contributed by atoms with Crippen LogP contribution in [0.2, 0.25) is 0 Å². The van der Waals surface area contributed by atoms with Gasteiger partial charge in [-0.15, -0.1) is 11.3 Å². The Hall–Kier alpha value is -1.92. The Morgan fingerprint density at radius 2 is 2.09 bits per heavy atom. The van der Waals surface area contributed by atoms with Crippen LogP contribution in [-0.4, -0.2) is 54.0 Å². The summed E-state index contributed by atoms with van der Waals surface area (Å²) in [5.74, 6) is 0.871. The second-order valence-corrected chi connectivity index (χ2v) is 6.65. The fourth-order valence-electron chi connectivity index (χ4n) is 2.71. The van der Waals surface area contributed by atoms with Gasteiger partial charge < -0.3 is 9.64 Å². The number of rotatable bonds is 5. The highest BCUT2D eigenvalue weighted by atomic mass is 32.1. The van der Waals surface area contributed by atoms with Gasteiger partial charge in [0.25, 0.3) is 0 Å². The number of carbonyl (C=O) groups excluding carboxylic acids is 1. The van der Waals surface area contributed by atoms with Crippen molar-refractivity contribution in [1.29, 1.82) is 0 Å². The molecule has 1 aliphatic rings. The molecule has 1 saturated heterocycles. The first-order valence-corrected chi connectivity index (χ1v) is 8.64. The lowest BCUT2D eigenvalue weighted by atomic mass is 10.2. The number of aromatic nitrogens is 1. The van der Waals surface area contributed by atoms with E-state index >= 15 is 0 Å². The molecule has 23 heavy (non-hydrogen) atoms. The van der Waals surface area contributed by atoms with Gasteiger partial charge in [0, 0.05) is 49.9 Å². The SMILES string of the molecule is COc1ccc(CN2CCN(C(=O)Cc3cccs3)CC2)cn1. The number of ether oxygens (including phenoxy) is 1. The molecule has 0 atom stereocenters. The number of piperazine rings is 1. The molecule has 1 amide bonds. The van der Waals surface area contributed by atoms with E-state index in [1.165, 1.54) is 5.56 Å². The highest BCUT2D eigenvalue weighted by Gasteiger charge is 2.21. The molecule has 0 radical (unpaired) electrons. The van der Waals surface area contributed by atoms with Crippen molar-refractivity contribution in [1.82, 2.24) is 14.8 Å². The molecule has 3 rings (SSSR count). The zero-order valence-electron chi connectivity index (χ0n) is 13.3. The summed E-state index contributed by atoms with van der Waals surface area (Å²) in [5.41, 5.74) is 1.17. The van der Waals surface area contributed by atoms with Crippen molar-refractivity contribution in [3.05, 3.63) is 46.3 Å². The Kier molecular flexibility index (Phi) is 5.25. The Labute approximate surface area is 140 Å². The first-order chi connectivity index (χ1) is 11.2. The third kappa shape index (κ3) is 4.30. The zero-order valence-corrected chi connectivity index (χ0v) is 14.1.